The molecule has 2 aromatic carbocycles. The van der Waals surface area contributed by atoms with Crippen LogP contribution in [0.25, 0.3) is 11.0 Å². The van der Waals surface area contributed by atoms with E-state index >= 15 is 0 Å². The summed E-state index contributed by atoms with van der Waals surface area (Å²) in [7, 11) is -3.65. The topological polar surface area (TPSA) is 104 Å². The smallest absolute Gasteiger partial charge is 0.240 e. The van der Waals surface area contributed by atoms with Crippen LogP contribution in [0, 0.1) is 13.8 Å². The molecule has 136 valence electrons. The van der Waals surface area contributed by atoms with Crippen molar-refractivity contribution in [1.29, 1.82) is 0 Å². The molecule has 8 heteroatoms. The van der Waals surface area contributed by atoms with Crippen molar-refractivity contribution >= 4 is 32.9 Å². The van der Waals surface area contributed by atoms with Gasteiger partial charge in [0, 0.05) is 13.0 Å². The second-order valence-electron chi connectivity index (χ2n) is 6.07. The molecule has 26 heavy (non-hydrogen) atoms. The fraction of sp³-hybridized carbons (Fsp3) is 0.222. The van der Waals surface area contributed by atoms with Gasteiger partial charge in [-0.2, -0.15) is 0 Å². The van der Waals surface area contributed by atoms with Gasteiger partial charge in [-0.25, -0.2) is 18.1 Å². The summed E-state index contributed by atoms with van der Waals surface area (Å²) in [4.78, 5) is 19.5. The Kier molecular flexibility index (Phi) is 5.06. The minimum atomic E-state index is -3.65. The lowest BCUT2D eigenvalue weighted by atomic mass is 10.2. The Labute approximate surface area is 151 Å². The standard InChI is InChI=1S/C18H20N4O3S/c1-12-7-8-16(13(2)11-12)26(24,25)19-10-9-17(23)22-18-20-14-5-3-4-6-15(14)21-18/h3-8,11,19H,9-10H2,1-2H3,(H2,20,21,22,23). The normalized spacial score (nSPS) is 11.6. The van der Waals surface area contributed by atoms with Gasteiger partial charge in [0.05, 0.1) is 15.9 Å². The number of H-pyrrole nitrogens is 1. The number of nitrogens with zero attached hydrogens (tertiary/aromatic N) is 1. The van der Waals surface area contributed by atoms with Crippen molar-refractivity contribution in [3.05, 3.63) is 53.6 Å². The lowest BCUT2D eigenvalue weighted by molar-refractivity contribution is -0.116. The van der Waals surface area contributed by atoms with Crippen LogP contribution in [0.3, 0.4) is 0 Å². The monoisotopic (exact) mass is 372 g/mol. The number of sulfonamides is 1. The van der Waals surface area contributed by atoms with E-state index in [1.807, 2.05) is 37.3 Å². The van der Waals surface area contributed by atoms with E-state index < -0.39 is 10.0 Å². The summed E-state index contributed by atoms with van der Waals surface area (Å²) < 4.78 is 27.2. The molecule has 0 aliphatic rings. The number of imidazole rings is 1. The van der Waals surface area contributed by atoms with Crippen LogP contribution in [0.4, 0.5) is 5.95 Å². The molecule has 0 aliphatic heterocycles. The first-order valence-electron chi connectivity index (χ1n) is 8.17. The SMILES string of the molecule is Cc1ccc(S(=O)(=O)NCCC(=O)Nc2nc3ccccc3[nH]2)c(C)c1. The van der Waals surface area contributed by atoms with Crippen LogP contribution in [0.1, 0.15) is 17.5 Å². The quantitative estimate of drug-likeness (QED) is 0.618. The zero-order chi connectivity index (χ0) is 18.7. The largest absolute Gasteiger partial charge is 0.324 e. The van der Waals surface area contributed by atoms with Crippen molar-refractivity contribution in [2.24, 2.45) is 0 Å². The van der Waals surface area contributed by atoms with E-state index in [1.165, 1.54) is 0 Å². The zero-order valence-corrected chi connectivity index (χ0v) is 15.4. The number of hydrogen-bond acceptors (Lipinski definition) is 4. The van der Waals surface area contributed by atoms with Crippen molar-refractivity contribution in [1.82, 2.24) is 14.7 Å². The molecule has 0 unspecified atom stereocenters. The van der Waals surface area contributed by atoms with E-state index in [-0.39, 0.29) is 23.8 Å². The van der Waals surface area contributed by atoms with E-state index in [2.05, 4.69) is 20.0 Å². The minimum Gasteiger partial charge on any atom is -0.324 e. The van der Waals surface area contributed by atoms with Gasteiger partial charge in [-0.1, -0.05) is 29.8 Å². The highest BCUT2D eigenvalue weighted by atomic mass is 32.2. The number of carbonyl (C=O) groups is 1. The molecule has 0 saturated carbocycles. The average molecular weight is 372 g/mol. The number of rotatable bonds is 6. The van der Waals surface area contributed by atoms with Crippen LogP contribution in [-0.4, -0.2) is 30.8 Å². The van der Waals surface area contributed by atoms with Crippen molar-refractivity contribution in [2.75, 3.05) is 11.9 Å². The van der Waals surface area contributed by atoms with Crippen molar-refractivity contribution in [3.8, 4) is 0 Å². The molecule has 1 heterocycles. The summed E-state index contributed by atoms with van der Waals surface area (Å²) in [5, 5.41) is 2.64. The Morgan fingerprint density at radius 3 is 2.65 bits per heavy atom. The summed E-state index contributed by atoms with van der Waals surface area (Å²) >= 11 is 0. The lowest BCUT2D eigenvalue weighted by Gasteiger charge is -2.09. The first-order chi connectivity index (χ1) is 12.3. The molecule has 0 aliphatic carbocycles. The first-order valence-corrected chi connectivity index (χ1v) is 9.65. The predicted octanol–water partition coefficient (Wildman–Crippen LogP) is 2.49. The van der Waals surface area contributed by atoms with Crippen LogP contribution in [-0.2, 0) is 14.8 Å². The summed E-state index contributed by atoms with van der Waals surface area (Å²) in [6.07, 6.45) is 0.00117. The third kappa shape index (κ3) is 4.09. The number of benzene rings is 2. The van der Waals surface area contributed by atoms with Gasteiger partial charge in [-0.15, -0.1) is 0 Å². The van der Waals surface area contributed by atoms with Gasteiger partial charge in [-0.3, -0.25) is 10.1 Å². The maximum absolute atomic E-state index is 12.4. The first kappa shape index (κ1) is 18.1. The maximum atomic E-state index is 12.4. The molecule has 0 atom stereocenters. The molecular formula is C18H20N4O3S. The fourth-order valence-corrected chi connectivity index (χ4v) is 3.94. The van der Waals surface area contributed by atoms with Gasteiger partial charge >= 0.3 is 0 Å². The van der Waals surface area contributed by atoms with Gasteiger partial charge in [-0.05, 0) is 37.6 Å². The van der Waals surface area contributed by atoms with Gasteiger partial charge < -0.3 is 4.98 Å². The number of anilines is 1. The molecule has 0 bridgehead atoms. The second kappa shape index (κ2) is 7.27. The highest BCUT2D eigenvalue weighted by molar-refractivity contribution is 7.89. The van der Waals surface area contributed by atoms with Crippen LogP contribution in [0.2, 0.25) is 0 Å². The number of fused-ring (bicyclic) bond motifs is 1. The van der Waals surface area contributed by atoms with Gasteiger partial charge in [0.25, 0.3) is 0 Å². The van der Waals surface area contributed by atoms with E-state index in [1.54, 1.807) is 19.1 Å². The van der Waals surface area contributed by atoms with Crippen molar-refractivity contribution in [2.45, 2.75) is 25.2 Å². The van der Waals surface area contributed by atoms with E-state index in [9.17, 15) is 13.2 Å². The summed E-state index contributed by atoms with van der Waals surface area (Å²) in [5.41, 5.74) is 3.23. The van der Waals surface area contributed by atoms with E-state index in [0.717, 1.165) is 16.6 Å². The summed E-state index contributed by atoms with van der Waals surface area (Å²) in [5.74, 6) is 0.0146. The molecule has 3 N–H and O–H groups in total. The molecule has 7 nitrogen and oxygen atoms in total. The van der Waals surface area contributed by atoms with Crippen LogP contribution < -0.4 is 10.0 Å². The molecule has 1 aromatic heterocycles. The molecule has 3 rings (SSSR count). The number of aryl methyl sites for hydroxylation is 2. The number of hydrogen-bond donors (Lipinski definition) is 3. The Balaban J connectivity index is 1.57. The maximum Gasteiger partial charge on any atom is 0.240 e. The van der Waals surface area contributed by atoms with Gasteiger partial charge in [0.15, 0.2) is 0 Å². The number of amides is 1. The summed E-state index contributed by atoms with van der Waals surface area (Å²) in [6.45, 7) is 3.65. The second-order valence-corrected chi connectivity index (χ2v) is 7.80. The lowest BCUT2D eigenvalue weighted by Crippen LogP contribution is -2.28. The molecular weight excluding hydrogens is 352 g/mol. The van der Waals surface area contributed by atoms with Gasteiger partial charge in [0.2, 0.25) is 21.9 Å². The molecule has 0 fully saturated rings. The molecule has 1 amide bonds. The highest BCUT2D eigenvalue weighted by Crippen LogP contribution is 2.16. The minimum absolute atomic E-state index is 0.00117. The number of carbonyl (C=O) groups excluding carboxylic acids is 1. The molecule has 0 radical (unpaired) electrons. The number of nitrogens with one attached hydrogen (secondary N) is 3. The Hall–Kier alpha value is -2.71. The predicted molar refractivity (Wildman–Crippen MR) is 100 cm³/mol. The summed E-state index contributed by atoms with van der Waals surface area (Å²) in [6, 6.07) is 12.5. The Morgan fingerprint density at radius 2 is 1.92 bits per heavy atom. The van der Waals surface area contributed by atoms with E-state index in [4.69, 9.17) is 0 Å². The van der Waals surface area contributed by atoms with Crippen LogP contribution >= 0.6 is 0 Å². The third-order valence-electron chi connectivity index (χ3n) is 3.91. The van der Waals surface area contributed by atoms with Crippen LogP contribution in [0.15, 0.2) is 47.4 Å². The molecule has 0 saturated heterocycles. The Morgan fingerprint density at radius 1 is 1.15 bits per heavy atom. The van der Waals surface area contributed by atoms with E-state index in [0.29, 0.717) is 11.5 Å². The number of para-hydroxylation sites is 2. The zero-order valence-electron chi connectivity index (χ0n) is 14.5. The molecule has 3 aromatic rings. The Bertz CT molecular complexity index is 1020. The third-order valence-corrected chi connectivity index (χ3v) is 5.53. The highest BCUT2D eigenvalue weighted by Gasteiger charge is 2.17. The molecule has 0 spiro atoms. The number of aromatic nitrogens is 2. The average Bonchev–Trinajstić information content (AvgIpc) is 2.96. The van der Waals surface area contributed by atoms with Gasteiger partial charge in [0.1, 0.15) is 0 Å². The van der Waals surface area contributed by atoms with Crippen LogP contribution in [0.5, 0.6) is 0 Å². The number of aromatic amines is 1. The fourth-order valence-electron chi connectivity index (χ4n) is 2.68. The van der Waals surface area contributed by atoms with Crippen molar-refractivity contribution in [3.63, 3.8) is 0 Å². The van der Waals surface area contributed by atoms with Crippen molar-refractivity contribution < 1.29 is 13.2 Å².